The number of hydrogen-bond donors (Lipinski definition) is 1. The van der Waals surface area contributed by atoms with Crippen molar-refractivity contribution in [3.8, 4) is 11.3 Å². The minimum atomic E-state index is 0.469. The van der Waals surface area contributed by atoms with Gasteiger partial charge in [-0.3, -0.25) is 0 Å². The normalized spacial score (nSPS) is 20.2. The van der Waals surface area contributed by atoms with Crippen molar-refractivity contribution in [3.05, 3.63) is 41.8 Å². The first-order valence-corrected chi connectivity index (χ1v) is 7.21. The van der Waals surface area contributed by atoms with Gasteiger partial charge in [0.25, 0.3) is 0 Å². The molecule has 0 amide bonds. The predicted molar refractivity (Wildman–Crippen MR) is 78.4 cm³/mol. The highest BCUT2D eigenvalue weighted by Gasteiger charge is 2.17. The molecular weight excluding hydrogens is 258 g/mol. The van der Waals surface area contributed by atoms with Crippen molar-refractivity contribution in [3.63, 3.8) is 0 Å². The summed E-state index contributed by atoms with van der Waals surface area (Å²) in [4.78, 5) is 4.32. The number of halogens is 1. The number of rotatable bonds is 2. The first-order valence-electron chi connectivity index (χ1n) is 6.84. The van der Waals surface area contributed by atoms with Gasteiger partial charge in [-0.05, 0) is 25.5 Å². The minimum Gasteiger partial charge on any atom is -0.326 e. The van der Waals surface area contributed by atoms with Gasteiger partial charge in [0.1, 0.15) is 0 Å². The Hall–Kier alpha value is -1.32. The Bertz CT molecular complexity index is 542. The zero-order valence-corrected chi connectivity index (χ0v) is 11.6. The first kappa shape index (κ1) is 12.7. The Labute approximate surface area is 118 Å². The average Bonchev–Trinajstić information content (AvgIpc) is 2.74. The largest absolute Gasteiger partial charge is 0.326 e. The third-order valence-corrected chi connectivity index (χ3v) is 4.06. The summed E-state index contributed by atoms with van der Waals surface area (Å²) < 4.78 is 2.26. The molecule has 1 N–H and O–H groups in total. The maximum atomic E-state index is 6.30. The molecule has 3 nitrogen and oxygen atoms in total. The second kappa shape index (κ2) is 5.76. The summed E-state index contributed by atoms with van der Waals surface area (Å²) in [5, 5.41) is 4.28. The summed E-state index contributed by atoms with van der Waals surface area (Å²) >= 11 is 6.30. The van der Waals surface area contributed by atoms with Crippen molar-refractivity contribution >= 4 is 11.6 Å². The molecule has 2 heterocycles. The average molecular weight is 276 g/mol. The lowest BCUT2D eigenvalue weighted by Crippen LogP contribution is -2.23. The van der Waals surface area contributed by atoms with Crippen molar-refractivity contribution in [1.82, 2.24) is 14.9 Å². The smallest absolute Gasteiger partial charge is 0.0954 e. The van der Waals surface area contributed by atoms with Gasteiger partial charge in [0.2, 0.25) is 0 Å². The molecule has 19 heavy (non-hydrogen) atoms. The molecule has 1 aliphatic rings. The molecule has 1 aromatic carbocycles. The van der Waals surface area contributed by atoms with E-state index < -0.39 is 0 Å². The van der Waals surface area contributed by atoms with Crippen LogP contribution in [0.1, 0.15) is 25.3 Å². The maximum Gasteiger partial charge on any atom is 0.0954 e. The van der Waals surface area contributed by atoms with Gasteiger partial charge in [-0.1, -0.05) is 36.2 Å². The van der Waals surface area contributed by atoms with Gasteiger partial charge in [-0.2, -0.15) is 0 Å². The number of benzene rings is 1. The second-order valence-corrected chi connectivity index (χ2v) is 5.43. The quantitative estimate of drug-likeness (QED) is 0.909. The number of nitrogens with one attached hydrogen (secondary N) is 1. The fourth-order valence-corrected chi connectivity index (χ4v) is 2.94. The molecule has 1 saturated heterocycles. The SMILES string of the molecule is Clc1ccccc1-c1cncn1C1CCCCNC1. The molecule has 0 aliphatic carbocycles. The van der Waals surface area contributed by atoms with Crippen LogP contribution in [-0.4, -0.2) is 22.6 Å². The minimum absolute atomic E-state index is 0.469. The molecule has 2 aromatic rings. The lowest BCUT2D eigenvalue weighted by Gasteiger charge is -2.19. The van der Waals surface area contributed by atoms with E-state index in [0.717, 1.165) is 29.4 Å². The summed E-state index contributed by atoms with van der Waals surface area (Å²) in [6.07, 6.45) is 7.55. The van der Waals surface area contributed by atoms with Crippen LogP contribution >= 0.6 is 11.6 Å². The fourth-order valence-electron chi connectivity index (χ4n) is 2.71. The highest BCUT2D eigenvalue weighted by molar-refractivity contribution is 6.33. The zero-order valence-electron chi connectivity index (χ0n) is 10.8. The van der Waals surface area contributed by atoms with E-state index in [-0.39, 0.29) is 0 Å². The van der Waals surface area contributed by atoms with Gasteiger partial charge in [-0.25, -0.2) is 4.98 Å². The molecule has 0 radical (unpaired) electrons. The summed E-state index contributed by atoms with van der Waals surface area (Å²) in [5.41, 5.74) is 2.17. The third-order valence-electron chi connectivity index (χ3n) is 3.73. The molecule has 1 unspecified atom stereocenters. The highest BCUT2D eigenvalue weighted by Crippen LogP contribution is 2.30. The molecule has 4 heteroatoms. The third kappa shape index (κ3) is 2.67. The first-order chi connectivity index (χ1) is 9.36. The van der Waals surface area contributed by atoms with E-state index in [2.05, 4.69) is 20.9 Å². The van der Waals surface area contributed by atoms with Crippen molar-refractivity contribution in [2.24, 2.45) is 0 Å². The molecule has 1 fully saturated rings. The summed E-state index contributed by atoms with van der Waals surface area (Å²) in [5.74, 6) is 0. The van der Waals surface area contributed by atoms with Gasteiger partial charge in [0.15, 0.2) is 0 Å². The van der Waals surface area contributed by atoms with E-state index in [9.17, 15) is 0 Å². The Morgan fingerprint density at radius 1 is 1.26 bits per heavy atom. The number of aromatic nitrogens is 2. The predicted octanol–water partition coefficient (Wildman–Crippen LogP) is 3.52. The maximum absolute atomic E-state index is 6.30. The van der Waals surface area contributed by atoms with E-state index in [1.54, 1.807) is 0 Å². The van der Waals surface area contributed by atoms with Crippen LogP contribution in [0.25, 0.3) is 11.3 Å². The monoisotopic (exact) mass is 275 g/mol. The van der Waals surface area contributed by atoms with Gasteiger partial charge in [-0.15, -0.1) is 0 Å². The Morgan fingerprint density at radius 2 is 2.16 bits per heavy atom. The van der Waals surface area contributed by atoms with Gasteiger partial charge >= 0.3 is 0 Å². The van der Waals surface area contributed by atoms with E-state index >= 15 is 0 Å². The van der Waals surface area contributed by atoms with Gasteiger partial charge in [0.05, 0.1) is 18.2 Å². The molecule has 1 aromatic heterocycles. The molecule has 0 bridgehead atoms. The zero-order chi connectivity index (χ0) is 13.1. The van der Waals surface area contributed by atoms with Crippen LogP contribution in [0.2, 0.25) is 5.02 Å². The number of hydrogen-bond acceptors (Lipinski definition) is 2. The standard InChI is InChI=1S/C15H18ClN3/c16-14-7-2-1-6-13(14)15-10-18-11-19(15)12-5-3-4-8-17-9-12/h1-2,6-7,10-12,17H,3-5,8-9H2. The Morgan fingerprint density at radius 3 is 3.05 bits per heavy atom. The molecule has 1 atom stereocenters. The van der Waals surface area contributed by atoms with Crippen molar-refractivity contribution in [1.29, 1.82) is 0 Å². The summed E-state index contributed by atoms with van der Waals surface area (Å²) in [7, 11) is 0. The van der Waals surface area contributed by atoms with Crippen LogP contribution in [0.4, 0.5) is 0 Å². The summed E-state index contributed by atoms with van der Waals surface area (Å²) in [6.45, 7) is 2.13. The fraction of sp³-hybridized carbons (Fsp3) is 0.400. The molecular formula is C15H18ClN3. The van der Waals surface area contributed by atoms with Gasteiger partial charge in [0, 0.05) is 23.2 Å². The van der Waals surface area contributed by atoms with Crippen LogP contribution in [0, 0.1) is 0 Å². The summed E-state index contributed by atoms with van der Waals surface area (Å²) in [6, 6.07) is 8.43. The molecule has 1 aliphatic heterocycles. The molecule has 0 spiro atoms. The number of imidazole rings is 1. The number of nitrogens with zero attached hydrogens (tertiary/aromatic N) is 2. The van der Waals surface area contributed by atoms with Crippen LogP contribution in [0.5, 0.6) is 0 Å². The van der Waals surface area contributed by atoms with Crippen LogP contribution in [-0.2, 0) is 0 Å². The Balaban J connectivity index is 1.96. The van der Waals surface area contributed by atoms with Crippen LogP contribution in [0.15, 0.2) is 36.8 Å². The Kier molecular flexibility index (Phi) is 3.85. The van der Waals surface area contributed by atoms with Crippen molar-refractivity contribution < 1.29 is 0 Å². The highest BCUT2D eigenvalue weighted by atomic mass is 35.5. The molecule has 100 valence electrons. The second-order valence-electron chi connectivity index (χ2n) is 5.02. The van der Waals surface area contributed by atoms with E-state index in [4.69, 9.17) is 11.6 Å². The van der Waals surface area contributed by atoms with Crippen molar-refractivity contribution in [2.75, 3.05) is 13.1 Å². The van der Waals surface area contributed by atoms with Gasteiger partial charge < -0.3 is 9.88 Å². The van der Waals surface area contributed by atoms with E-state index in [1.807, 2.05) is 30.7 Å². The van der Waals surface area contributed by atoms with E-state index in [0.29, 0.717) is 6.04 Å². The van der Waals surface area contributed by atoms with Crippen LogP contribution in [0.3, 0.4) is 0 Å². The molecule has 0 saturated carbocycles. The molecule has 3 rings (SSSR count). The lowest BCUT2D eigenvalue weighted by atomic mass is 10.1. The lowest BCUT2D eigenvalue weighted by molar-refractivity contribution is 0.464. The van der Waals surface area contributed by atoms with Crippen molar-refractivity contribution in [2.45, 2.75) is 25.3 Å². The topological polar surface area (TPSA) is 29.9 Å². The van der Waals surface area contributed by atoms with E-state index in [1.165, 1.54) is 19.3 Å². The van der Waals surface area contributed by atoms with Crippen LogP contribution < -0.4 is 5.32 Å².